The van der Waals surface area contributed by atoms with Crippen LogP contribution in [0.2, 0.25) is 10.0 Å². The van der Waals surface area contributed by atoms with Crippen LogP contribution in [-0.2, 0) is 10.0 Å². The summed E-state index contributed by atoms with van der Waals surface area (Å²) in [5.74, 6) is 0.179. The molecule has 0 saturated carbocycles. The lowest BCUT2D eigenvalue weighted by Crippen LogP contribution is -2.38. The van der Waals surface area contributed by atoms with Gasteiger partial charge in [0.15, 0.2) is 0 Å². The average Bonchev–Trinajstić information content (AvgIpc) is 2.71. The molecule has 0 spiro atoms. The normalized spacial score (nSPS) is 15.6. The number of aliphatic hydroxyl groups is 1. The Balaban J connectivity index is 1.98. The Morgan fingerprint density at radius 2 is 1.86 bits per heavy atom. The molecule has 2 aromatic rings. The van der Waals surface area contributed by atoms with Crippen molar-refractivity contribution in [2.75, 3.05) is 13.1 Å². The van der Waals surface area contributed by atoms with Crippen LogP contribution in [0.25, 0.3) is 0 Å². The summed E-state index contributed by atoms with van der Waals surface area (Å²) in [5, 5.41) is 19.4. The fraction of sp³-hybridized carbons (Fsp3) is 0.250. The highest BCUT2D eigenvalue weighted by Gasteiger charge is 2.33. The minimum atomic E-state index is -3.95. The van der Waals surface area contributed by atoms with E-state index in [0.29, 0.717) is 17.9 Å². The number of aliphatic hydroxyl groups excluding tert-OH is 1. The number of benzene rings is 2. The van der Waals surface area contributed by atoms with Gasteiger partial charge in [-0.05, 0) is 43.2 Å². The van der Waals surface area contributed by atoms with Crippen molar-refractivity contribution in [1.82, 2.24) is 4.31 Å². The molecule has 0 aromatic heterocycles. The number of nitrogens with zero attached hydrogens (tertiary/aromatic N) is 2. The van der Waals surface area contributed by atoms with E-state index in [1.54, 1.807) is 12.1 Å². The van der Waals surface area contributed by atoms with Gasteiger partial charge < -0.3 is 9.84 Å². The van der Waals surface area contributed by atoms with Crippen LogP contribution in [-0.4, -0.2) is 30.9 Å². The Kier molecular flexibility index (Phi) is 6.39. The van der Waals surface area contributed by atoms with E-state index < -0.39 is 10.0 Å². The zero-order valence-electron chi connectivity index (χ0n) is 15.3. The molecular formula is C20H18Cl2N2O4S. The van der Waals surface area contributed by atoms with Crippen LogP contribution in [0.4, 0.5) is 0 Å². The van der Waals surface area contributed by atoms with Crippen LogP contribution < -0.4 is 4.74 Å². The standard InChI is InChI=1S/C20H18Cl2N2O4S/c1-13(25)15-6-8-24(9-7-15)29(26,27)20-10-14(12-23)2-5-18(20)28-19-11-16(21)3-4-17(19)22/h2-5,10-11,15,25H,1,6-9H2. The Labute approximate surface area is 179 Å². The van der Waals surface area contributed by atoms with E-state index in [9.17, 15) is 18.8 Å². The van der Waals surface area contributed by atoms with Gasteiger partial charge in [0.2, 0.25) is 10.0 Å². The van der Waals surface area contributed by atoms with E-state index in [1.165, 1.54) is 28.6 Å². The van der Waals surface area contributed by atoms with Crippen LogP contribution in [0.5, 0.6) is 11.5 Å². The number of piperidine rings is 1. The fourth-order valence-electron chi connectivity index (χ4n) is 3.11. The van der Waals surface area contributed by atoms with Gasteiger partial charge in [-0.25, -0.2) is 8.42 Å². The van der Waals surface area contributed by atoms with Crippen molar-refractivity contribution in [3.63, 3.8) is 0 Å². The summed E-state index contributed by atoms with van der Waals surface area (Å²) in [7, 11) is -3.95. The van der Waals surface area contributed by atoms with Gasteiger partial charge in [-0.1, -0.05) is 29.8 Å². The molecule has 1 heterocycles. The number of halogens is 2. The number of allylic oxidation sites excluding steroid dienone is 1. The first-order valence-electron chi connectivity index (χ1n) is 8.77. The first kappa shape index (κ1) is 21.5. The van der Waals surface area contributed by atoms with E-state index >= 15 is 0 Å². The van der Waals surface area contributed by atoms with Gasteiger partial charge in [0, 0.05) is 30.1 Å². The van der Waals surface area contributed by atoms with Crippen molar-refractivity contribution in [3.05, 3.63) is 64.3 Å². The average molecular weight is 453 g/mol. The molecule has 0 atom stereocenters. The Morgan fingerprint density at radius 3 is 2.48 bits per heavy atom. The smallest absolute Gasteiger partial charge is 0.246 e. The Hall–Kier alpha value is -2.24. The predicted molar refractivity (Wildman–Crippen MR) is 111 cm³/mol. The minimum absolute atomic E-state index is 0.0434. The second-order valence-corrected chi connectivity index (χ2v) is 9.37. The van der Waals surface area contributed by atoms with Crippen molar-refractivity contribution < 1.29 is 18.3 Å². The van der Waals surface area contributed by atoms with E-state index in [-0.39, 0.29) is 51.7 Å². The first-order chi connectivity index (χ1) is 13.7. The van der Waals surface area contributed by atoms with Gasteiger partial charge in [-0.15, -0.1) is 0 Å². The number of ether oxygens (including phenoxy) is 1. The van der Waals surface area contributed by atoms with Crippen LogP contribution >= 0.6 is 23.2 Å². The predicted octanol–water partition coefficient (Wildman–Crippen LogP) is 5.13. The summed E-state index contributed by atoms with van der Waals surface area (Å²) in [6.45, 7) is 3.98. The maximum atomic E-state index is 13.3. The molecule has 1 saturated heterocycles. The molecule has 0 bridgehead atoms. The molecule has 1 aliphatic rings. The lowest BCUT2D eigenvalue weighted by molar-refractivity contribution is 0.237. The highest BCUT2D eigenvalue weighted by atomic mass is 35.5. The quantitative estimate of drug-likeness (QED) is 0.634. The topological polar surface area (TPSA) is 90.6 Å². The largest absolute Gasteiger partial charge is 0.513 e. The molecule has 6 nitrogen and oxygen atoms in total. The van der Waals surface area contributed by atoms with Gasteiger partial charge in [-0.3, -0.25) is 0 Å². The van der Waals surface area contributed by atoms with Crippen molar-refractivity contribution >= 4 is 33.2 Å². The lowest BCUT2D eigenvalue weighted by atomic mass is 9.97. The third-order valence-electron chi connectivity index (χ3n) is 4.73. The van der Waals surface area contributed by atoms with Gasteiger partial charge in [0.1, 0.15) is 16.4 Å². The van der Waals surface area contributed by atoms with Crippen molar-refractivity contribution in [3.8, 4) is 17.6 Å². The maximum Gasteiger partial charge on any atom is 0.246 e. The number of hydrogen-bond donors (Lipinski definition) is 1. The summed E-state index contributed by atoms with van der Waals surface area (Å²) in [6.07, 6.45) is 0.922. The number of rotatable bonds is 5. The van der Waals surface area contributed by atoms with Crippen molar-refractivity contribution in [1.29, 1.82) is 5.26 Å². The van der Waals surface area contributed by atoms with Gasteiger partial charge in [-0.2, -0.15) is 9.57 Å². The summed E-state index contributed by atoms with van der Waals surface area (Å²) in [5.41, 5.74) is 0.187. The molecular weight excluding hydrogens is 435 g/mol. The van der Waals surface area contributed by atoms with Crippen LogP contribution in [0.1, 0.15) is 18.4 Å². The van der Waals surface area contributed by atoms with E-state index in [4.69, 9.17) is 27.9 Å². The van der Waals surface area contributed by atoms with Gasteiger partial charge in [0.05, 0.1) is 22.4 Å². The van der Waals surface area contributed by atoms with Gasteiger partial charge >= 0.3 is 0 Å². The molecule has 0 unspecified atom stereocenters. The highest BCUT2D eigenvalue weighted by molar-refractivity contribution is 7.89. The molecule has 0 amide bonds. The molecule has 9 heteroatoms. The molecule has 0 radical (unpaired) electrons. The van der Waals surface area contributed by atoms with E-state index in [0.717, 1.165) is 0 Å². The fourth-order valence-corrected chi connectivity index (χ4v) is 5.03. The second-order valence-electron chi connectivity index (χ2n) is 6.62. The third kappa shape index (κ3) is 4.68. The highest BCUT2D eigenvalue weighted by Crippen LogP contribution is 2.37. The minimum Gasteiger partial charge on any atom is -0.513 e. The SMILES string of the molecule is C=C(O)C1CCN(S(=O)(=O)c2cc(C#N)ccc2Oc2cc(Cl)ccc2Cl)CC1. The monoisotopic (exact) mass is 452 g/mol. The molecule has 152 valence electrons. The third-order valence-corrected chi connectivity index (χ3v) is 7.20. The number of nitriles is 1. The van der Waals surface area contributed by atoms with Crippen LogP contribution in [0.15, 0.2) is 53.6 Å². The molecule has 29 heavy (non-hydrogen) atoms. The molecule has 1 fully saturated rings. The molecule has 3 rings (SSSR count). The molecule has 0 aliphatic carbocycles. The first-order valence-corrected chi connectivity index (χ1v) is 11.0. The summed E-state index contributed by atoms with van der Waals surface area (Å²) < 4.78 is 33.7. The lowest BCUT2D eigenvalue weighted by Gasteiger charge is -2.31. The maximum absolute atomic E-state index is 13.3. The van der Waals surface area contributed by atoms with E-state index in [1.807, 2.05) is 6.07 Å². The second kappa shape index (κ2) is 8.64. The molecule has 1 aliphatic heterocycles. The van der Waals surface area contributed by atoms with Crippen molar-refractivity contribution in [2.45, 2.75) is 17.7 Å². The number of hydrogen-bond acceptors (Lipinski definition) is 5. The zero-order valence-corrected chi connectivity index (χ0v) is 17.6. The van der Waals surface area contributed by atoms with Crippen LogP contribution in [0, 0.1) is 17.2 Å². The molecule has 2 aromatic carbocycles. The summed E-state index contributed by atoms with van der Waals surface area (Å²) >= 11 is 12.1. The summed E-state index contributed by atoms with van der Waals surface area (Å²) in [6, 6.07) is 10.7. The summed E-state index contributed by atoms with van der Waals surface area (Å²) in [4.78, 5) is -0.131. The van der Waals surface area contributed by atoms with Crippen LogP contribution in [0.3, 0.4) is 0 Å². The Morgan fingerprint density at radius 1 is 1.17 bits per heavy atom. The number of sulfonamides is 1. The zero-order chi connectivity index (χ0) is 21.2. The van der Waals surface area contributed by atoms with Crippen molar-refractivity contribution in [2.24, 2.45) is 5.92 Å². The van der Waals surface area contributed by atoms with E-state index in [2.05, 4.69) is 6.58 Å². The molecule has 1 N–H and O–H groups in total. The van der Waals surface area contributed by atoms with Gasteiger partial charge in [0.25, 0.3) is 0 Å². The Bertz CT molecular complexity index is 1090.